The molecule has 0 saturated carbocycles. The van der Waals surface area contributed by atoms with Crippen LogP contribution in [0.15, 0.2) is 9.41 Å². The van der Waals surface area contributed by atoms with E-state index in [1.807, 2.05) is 20.9 Å². The van der Waals surface area contributed by atoms with E-state index in [0.717, 1.165) is 61.9 Å². The number of unbranched alkanes of at least 4 members (excludes halogenated alkanes) is 1. The Morgan fingerprint density at radius 3 is 2.47 bits per heavy atom. The van der Waals surface area contributed by atoms with Gasteiger partial charge in [-0.2, -0.15) is 0 Å². The van der Waals surface area contributed by atoms with Crippen LogP contribution in [0.25, 0.3) is 0 Å². The fourth-order valence-corrected chi connectivity index (χ4v) is 4.10. The van der Waals surface area contributed by atoms with Crippen molar-refractivity contribution in [3.8, 4) is 0 Å². The van der Waals surface area contributed by atoms with Crippen molar-refractivity contribution in [1.82, 2.24) is 20.5 Å². The predicted octanol–water partition coefficient (Wildman–Crippen LogP) is 4.89. The summed E-state index contributed by atoms with van der Waals surface area (Å²) in [7, 11) is 1.87. The molecule has 1 aliphatic rings. The van der Waals surface area contributed by atoms with Crippen LogP contribution >= 0.6 is 24.0 Å². The SMILES string of the molecule is CCCCC(CCC)CNC(=NC)NCC1CCN(Cc2nc(C)c(C)o2)CC1.I. The van der Waals surface area contributed by atoms with Gasteiger partial charge in [-0.25, -0.2) is 4.98 Å². The largest absolute Gasteiger partial charge is 0.444 e. The van der Waals surface area contributed by atoms with Gasteiger partial charge in [0.15, 0.2) is 5.96 Å². The number of hydrogen-bond donors (Lipinski definition) is 2. The summed E-state index contributed by atoms with van der Waals surface area (Å²) in [6, 6.07) is 0. The molecule has 2 N–H and O–H groups in total. The number of aryl methyl sites for hydroxylation is 2. The molecule has 1 unspecified atom stereocenters. The number of halogens is 1. The lowest BCUT2D eigenvalue weighted by Crippen LogP contribution is -2.44. The second-order valence-corrected chi connectivity index (χ2v) is 8.60. The van der Waals surface area contributed by atoms with E-state index in [1.165, 1.54) is 44.9 Å². The third-order valence-corrected chi connectivity index (χ3v) is 6.14. The first-order valence-electron chi connectivity index (χ1n) is 11.6. The summed E-state index contributed by atoms with van der Waals surface area (Å²) < 4.78 is 5.74. The van der Waals surface area contributed by atoms with Crippen LogP contribution in [-0.2, 0) is 6.54 Å². The Hall–Kier alpha value is -0.830. The molecule has 0 radical (unpaired) electrons. The van der Waals surface area contributed by atoms with Gasteiger partial charge in [0.1, 0.15) is 5.76 Å². The van der Waals surface area contributed by atoms with Crippen molar-refractivity contribution in [2.24, 2.45) is 16.8 Å². The van der Waals surface area contributed by atoms with Crippen molar-refractivity contribution in [1.29, 1.82) is 0 Å². The summed E-state index contributed by atoms with van der Waals surface area (Å²) in [6.45, 7) is 13.6. The molecule has 7 heteroatoms. The van der Waals surface area contributed by atoms with Gasteiger partial charge >= 0.3 is 0 Å². The molecule has 2 rings (SSSR count). The molecule has 0 amide bonds. The maximum absolute atomic E-state index is 5.74. The Bertz CT molecular complexity index is 591. The number of guanidine groups is 1. The molecule has 30 heavy (non-hydrogen) atoms. The van der Waals surface area contributed by atoms with E-state index in [2.05, 4.69) is 39.4 Å². The van der Waals surface area contributed by atoms with Gasteiger partial charge in [0.05, 0.1) is 12.2 Å². The van der Waals surface area contributed by atoms with Gasteiger partial charge in [0.2, 0.25) is 5.89 Å². The van der Waals surface area contributed by atoms with E-state index in [1.54, 1.807) is 0 Å². The first kappa shape index (κ1) is 27.2. The summed E-state index contributed by atoms with van der Waals surface area (Å²) in [5.41, 5.74) is 1.01. The van der Waals surface area contributed by atoms with Crippen LogP contribution in [0.5, 0.6) is 0 Å². The number of nitrogens with zero attached hydrogens (tertiary/aromatic N) is 3. The fourth-order valence-electron chi connectivity index (χ4n) is 4.10. The summed E-state index contributed by atoms with van der Waals surface area (Å²) in [4.78, 5) is 11.4. The molecule has 1 saturated heterocycles. The fraction of sp³-hybridized carbons (Fsp3) is 0.826. The van der Waals surface area contributed by atoms with Crippen LogP contribution in [0.2, 0.25) is 0 Å². The van der Waals surface area contributed by atoms with E-state index >= 15 is 0 Å². The summed E-state index contributed by atoms with van der Waals surface area (Å²) >= 11 is 0. The maximum Gasteiger partial charge on any atom is 0.208 e. The third-order valence-electron chi connectivity index (χ3n) is 6.14. The molecule has 174 valence electrons. The minimum absolute atomic E-state index is 0. The van der Waals surface area contributed by atoms with Gasteiger partial charge in [-0.05, 0) is 64.5 Å². The zero-order valence-corrected chi connectivity index (χ0v) is 22.1. The van der Waals surface area contributed by atoms with Crippen LogP contribution in [-0.4, -0.2) is 49.1 Å². The summed E-state index contributed by atoms with van der Waals surface area (Å²) in [5, 5.41) is 7.12. The van der Waals surface area contributed by atoms with E-state index in [9.17, 15) is 0 Å². The lowest BCUT2D eigenvalue weighted by Gasteiger charge is -2.31. The molecule has 2 heterocycles. The van der Waals surface area contributed by atoms with Crippen molar-refractivity contribution >= 4 is 29.9 Å². The van der Waals surface area contributed by atoms with E-state index in [4.69, 9.17) is 4.42 Å². The smallest absolute Gasteiger partial charge is 0.208 e. The standard InChI is InChI=1S/C23H43N5O.HI/c1-6-8-10-20(9-7-2)15-25-23(24-5)26-16-21-11-13-28(14-12-21)17-22-27-18(3)19(4)29-22;/h20-21H,6-17H2,1-5H3,(H2,24,25,26);1H. The molecular weight excluding hydrogens is 489 g/mol. The van der Waals surface area contributed by atoms with Crippen molar-refractivity contribution in [3.63, 3.8) is 0 Å². The Kier molecular flexibility index (Phi) is 13.6. The highest BCUT2D eigenvalue weighted by atomic mass is 127. The van der Waals surface area contributed by atoms with Gasteiger partial charge in [-0.15, -0.1) is 24.0 Å². The monoisotopic (exact) mass is 533 g/mol. The molecule has 1 aromatic rings. The molecule has 0 spiro atoms. The highest BCUT2D eigenvalue weighted by Crippen LogP contribution is 2.19. The second kappa shape index (κ2) is 15.1. The number of piperidine rings is 1. The molecule has 1 atom stereocenters. The van der Waals surface area contributed by atoms with Crippen molar-refractivity contribution in [2.45, 2.75) is 79.2 Å². The molecule has 0 aromatic carbocycles. The number of nitrogens with one attached hydrogen (secondary N) is 2. The van der Waals surface area contributed by atoms with Crippen LogP contribution < -0.4 is 10.6 Å². The zero-order valence-electron chi connectivity index (χ0n) is 19.8. The minimum Gasteiger partial charge on any atom is -0.444 e. The van der Waals surface area contributed by atoms with Crippen LogP contribution in [0.1, 0.15) is 76.1 Å². The topological polar surface area (TPSA) is 65.7 Å². The number of oxazole rings is 1. The van der Waals surface area contributed by atoms with Crippen molar-refractivity contribution in [3.05, 3.63) is 17.3 Å². The quantitative estimate of drug-likeness (QED) is 0.241. The van der Waals surface area contributed by atoms with E-state index in [-0.39, 0.29) is 24.0 Å². The third kappa shape index (κ3) is 9.54. The zero-order chi connectivity index (χ0) is 21.1. The normalized spacial score (nSPS) is 16.9. The van der Waals surface area contributed by atoms with E-state index < -0.39 is 0 Å². The Morgan fingerprint density at radius 1 is 1.17 bits per heavy atom. The lowest BCUT2D eigenvalue weighted by atomic mass is 9.96. The summed E-state index contributed by atoms with van der Waals surface area (Å²) in [5.74, 6) is 4.20. The lowest BCUT2D eigenvalue weighted by molar-refractivity contribution is 0.164. The van der Waals surface area contributed by atoms with Gasteiger partial charge in [0.25, 0.3) is 0 Å². The molecule has 1 aromatic heterocycles. The number of likely N-dealkylation sites (tertiary alicyclic amines) is 1. The highest BCUT2D eigenvalue weighted by molar-refractivity contribution is 14.0. The average molecular weight is 534 g/mol. The predicted molar refractivity (Wildman–Crippen MR) is 137 cm³/mol. The average Bonchev–Trinajstić information content (AvgIpc) is 3.04. The number of aliphatic imine (C=N–C) groups is 1. The first-order valence-corrected chi connectivity index (χ1v) is 11.6. The van der Waals surface area contributed by atoms with Gasteiger partial charge in [-0.1, -0.05) is 33.1 Å². The van der Waals surface area contributed by atoms with Crippen LogP contribution in [0.4, 0.5) is 0 Å². The van der Waals surface area contributed by atoms with E-state index in [0.29, 0.717) is 5.92 Å². The highest BCUT2D eigenvalue weighted by Gasteiger charge is 2.21. The molecular formula is C23H44IN5O. The Labute approximate surface area is 201 Å². The van der Waals surface area contributed by atoms with Crippen LogP contribution in [0.3, 0.4) is 0 Å². The number of rotatable bonds is 11. The molecule has 0 bridgehead atoms. The first-order chi connectivity index (χ1) is 14.0. The Morgan fingerprint density at radius 2 is 1.90 bits per heavy atom. The van der Waals surface area contributed by atoms with Gasteiger partial charge in [0, 0.05) is 20.1 Å². The Balaban J connectivity index is 0.00000450. The molecule has 1 aliphatic heterocycles. The molecule has 6 nitrogen and oxygen atoms in total. The summed E-state index contributed by atoms with van der Waals surface area (Å²) in [6.07, 6.45) is 8.88. The molecule has 0 aliphatic carbocycles. The second-order valence-electron chi connectivity index (χ2n) is 8.60. The minimum atomic E-state index is 0. The van der Waals surface area contributed by atoms with Crippen molar-refractivity contribution < 1.29 is 4.42 Å². The van der Waals surface area contributed by atoms with Crippen molar-refractivity contribution in [2.75, 3.05) is 33.2 Å². The van der Waals surface area contributed by atoms with Gasteiger partial charge in [-0.3, -0.25) is 9.89 Å². The maximum atomic E-state index is 5.74. The van der Waals surface area contributed by atoms with Crippen LogP contribution in [0, 0.1) is 25.7 Å². The van der Waals surface area contributed by atoms with Gasteiger partial charge < -0.3 is 15.1 Å². The number of hydrogen-bond acceptors (Lipinski definition) is 4. The molecule has 1 fully saturated rings. The number of aromatic nitrogens is 1.